The van der Waals surface area contributed by atoms with Crippen LogP contribution in [0.2, 0.25) is 0 Å². The number of primary amides is 1. The van der Waals surface area contributed by atoms with E-state index < -0.39 is 29.5 Å². The molecule has 9 heteroatoms. The second kappa shape index (κ2) is 8.86. The number of carbonyl (C=O) groups is 2. The number of rotatable bonds is 5. The van der Waals surface area contributed by atoms with Crippen LogP contribution in [0.5, 0.6) is 0 Å². The maximum absolute atomic E-state index is 13.8. The van der Waals surface area contributed by atoms with Gasteiger partial charge in [-0.3, -0.25) is 4.79 Å². The number of nitrogens with one attached hydrogen (secondary N) is 2. The van der Waals surface area contributed by atoms with Crippen LogP contribution in [0.25, 0.3) is 11.1 Å². The van der Waals surface area contributed by atoms with Gasteiger partial charge in [0.15, 0.2) is 0 Å². The quantitative estimate of drug-likeness (QED) is 0.501. The highest BCUT2D eigenvalue weighted by atomic mass is 19.4. The Bertz CT molecular complexity index is 1110. The van der Waals surface area contributed by atoms with Crippen LogP contribution in [0.3, 0.4) is 0 Å². The van der Waals surface area contributed by atoms with Crippen LogP contribution < -0.4 is 16.4 Å². The molecular weight excluding hydrogens is 414 g/mol. The van der Waals surface area contributed by atoms with E-state index in [1.807, 2.05) is 0 Å². The Labute approximate surface area is 174 Å². The summed E-state index contributed by atoms with van der Waals surface area (Å²) in [6.07, 6.45) is -4.55. The van der Waals surface area contributed by atoms with Crippen LogP contribution in [-0.2, 0) is 12.7 Å². The molecule has 0 saturated heterocycles. The molecule has 0 fully saturated rings. The lowest BCUT2D eigenvalue weighted by atomic mass is 9.97. The molecule has 0 spiro atoms. The maximum atomic E-state index is 13.8. The Morgan fingerprint density at radius 1 is 0.935 bits per heavy atom. The molecule has 3 amide bonds. The first kappa shape index (κ1) is 21.8. The summed E-state index contributed by atoms with van der Waals surface area (Å²) >= 11 is 0. The zero-order valence-corrected chi connectivity index (χ0v) is 16.0. The van der Waals surface area contributed by atoms with Gasteiger partial charge in [0.2, 0.25) is 0 Å². The number of alkyl halides is 3. The lowest BCUT2D eigenvalue weighted by molar-refractivity contribution is -0.137. The number of anilines is 1. The molecule has 5 nitrogen and oxygen atoms in total. The van der Waals surface area contributed by atoms with Crippen LogP contribution >= 0.6 is 0 Å². The van der Waals surface area contributed by atoms with Gasteiger partial charge < -0.3 is 16.4 Å². The summed E-state index contributed by atoms with van der Waals surface area (Å²) in [5.74, 6) is -1.34. The van der Waals surface area contributed by atoms with Gasteiger partial charge in [-0.25, -0.2) is 9.18 Å². The Balaban J connectivity index is 1.82. The van der Waals surface area contributed by atoms with E-state index in [-0.39, 0.29) is 23.2 Å². The smallest absolute Gasteiger partial charge is 0.351 e. The minimum Gasteiger partial charge on any atom is -0.351 e. The van der Waals surface area contributed by atoms with Crippen LogP contribution in [0.1, 0.15) is 21.5 Å². The topological polar surface area (TPSA) is 84.2 Å². The molecule has 0 atom stereocenters. The molecule has 3 aromatic carbocycles. The minimum absolute atomic E-state index is 0.0776. The monoisotopic (exact) mass is 431 g/mol. The predicted molar refractivity (Wildman–Crippen MR) is 108 cm³/mol. The number of amides is 3. The first-order valence-electron chi connectivity index (χ1n) is 9.04. The summed E-state index contributed by atoms with van der Waals surface area (Å²) in [5.41, 5.74) is 5.54. The lowest BCUT2D eigenvalue weighted by Gasteiger charge is -2.13. The number of urea groups is 1. The zero-order chi connectivity index (χ0) is 22.6. The van der Waals surface area contributed by atoms with Gasteiger partial charge in [-0.2, -0.15) is 13.2 Å². The van der Waals surface area contributed by atoms with E-state index in [1.165, 1.54) is 18.2 Å². The first-order valence-corrected chi connectivity index (χ1v) is 9.04. The second-order valence-corrected chi connectivity index (χ2v) is 6.64. The lowest BCUT2D eigenvalue weighted by Crippen LogP contribution is -2.23. The third-order valence-corrected chi connectivity index (χ3v) is 4.40. The number of hydrogen-bond donors (Lipinski definition) is 3. The Morgan fingerprint density at radius 3 is 2.29 bits per heavy atom. The Morgan fingerprint density at radius 2 is 1.65 bits per heavy atom. The normalized spacial score (nSPS) is 11.1. The summed E-state index contributed by atoms with van der Waals surface area (Å²) in [7, 11) is 0. The van der Waals surface area contributed by atoms with Crippen molar-refractivity contribution in [2.24, 2.45) is 5.73 Å². The van der Waals surface area contributed by atoms with Crippen molar-refractivity contribution in [3.8, 4) is 11.1 Å². The zero-order valence-electron chi connectivity index (χ0n) is 16.0. The van der Waals surface area contributed by atoms with Gasteiger partial charge in [-0.1, -0.05) is 30.3 Å². The number of nitrogens with two attached hydrogens (primary N) is 1. The van der Waals surface area contributed by atoms with Crippen molar-refractivity contribution in [2.75, 3.05) is 5.32 Å². The highest BCUT2D eigenvalue weighted by Crippen LogP contribution is 2.33. The van der Waals surface area contributed by atoms with Gasteiger partial charge in [0, 0.05) is 12.2 Å². The van der Waals surface area contributed by atoms with Gasteiger partial charge in [0.05, 0.1) is 11.1 Å². The molecule has 0 heterocycles. The van der Waals surface area contributed by atoms with Crippen molar-refractivity contribution in [3.05, 3.63) is 89.2 Å². The van der Waals surface area contributed by atoms with Gasteiger partial charge in [0.1, 0.15) is 5.82 Å². The SMILES string of the molecule is NC(=O)Nc1ccc(CNC(=O)c2cc(F)ccc2-c2cccc(C(F)(F)F)c2)cc1. The van der Waals surface area contributed by atoms with Gasteiger partial charge >= 0.3 is 12.2 Å². The van der Waals surface area contributed by atoms with Crippen molar-refractivity contribution < 1.29 is 27.2 Å². The molecule has 3 rings (SSSR count). The van der Waals surface area contributed by atoms with E-state index in [2.05, 4.69) is 10.6 Å². The average molecular weight is 431 g/mol. The third-order valence-electron chi connectivity index (χ3n) is 4.40. The average Bonchev–Trinajstić information content (AvgIpc) is 2.72. The molecule has 0 aliphatic rings. The summed E-state index contributed by atoms with van der Waals surface area (Å²) in [4.78, 5) is 23.5. The number of benzene rings is 3. The number of halogens is 4. The van der Waals surface area contributed by atoms with Crippen molar-refractivity contribution in [2.45, 2.75) is 12.7 Å². The fourth-order valence-electron chi connectivity index (χ4n) is 2.94. The van der Waals surface area contributed by atoms with E-state index >= 15 is 0 Å². The van der Waals surface area contributed by atoms with Crippen molar-refractivity contribution in [1.29, 1.82) is 0 Å². The fourth-order valence-corrected chi connectivity index (χ4v) is 2.94. The largest absolute Gasteiger partial charge is 0.416 e. The molecule has 31 heavy (non-hydrogen) atoms. The van der Waals surface area contributed by atoms with E-state index in [1.54, 1.807) is 24.3 Å². The standard InChI is InChI=1S/C22H17F4N3O2/c23-16-6-9-18(14-2-1-3-15(10-14)22(24,25)26)19(11-16)20(30)28-12-13-4-7-17(8-5-13)29-21(27)31/h1-11H,12H2,(H,28,30)(H3,27,29,31). The second-order valence-electron chi connectivity index (χ2n) is 6.64. The molecule has 0 unspecified atom stereocenters. The van der Waals surface area contributed by atoms with Gasteiger partial charge in [-0.05, 0) is 53.1 Å². The van der Waals surface area contributed by atoms with Crippen molar-refractivity contribution >= 4 is 17.6 Å². The van der Waals surface area contributed by atoms with Gasteiger partial charge in [-0.15, -0.1) is 0 Å². The predicted octanol–water partition coefficient (Wildman–Crippen LogP) is 4.93. The van der Waals surface area contributed by atoms with E-state index in [9.17, 15) is 27.2 Å². The third kappa shape index (κ3) is 5.59. The molecular formula is C22H17F4N3O2. The number of carbonyl (C=O) groups excluding carboxylic acids is 2. The fraction of sp³-hybridized carbons (Fsp3) is 0.0909. The summed E-state index contributed by atoms with van der Waals surface area (Å²) < 4.78 is 52.9. The minimum atomic E-state index is -4.55. The Kier molecular flexibility index (Phi) is 6.24. The molecule has 0 bridgehead atoms. The first-order chi connectivity index (χ1) is 14.6. The summed E-state index contributed by atoms with van der Waals surface area (Å²) in [5, 5.41) is 5.02. The molecule has 3 aromatic rings. The molecule has 0 saturated carbocycles. The molecule has 0 aliphatic heterocycles. The Hall–Kier alpha value is -3.88. The number of hydrogen-bond acceptors (Lipinski definition) is 2. The van der Waals surface area contributed by atoms with Crippen LogP contribution in [0.4, 0.5) is 28.0 Å². The van der Waals surface area contributed by atoms with E-state index in [4.69, 9.17) is 5.73 Å². The summed E-state index contributed by atoms with van der Waals surface area (Å²) in [6.45, 7) is 0.0776. The molecule has 0 aliphatic carbocycles. The summed E-state index contributed by atoms with van der Waals surface area (Å²) in [6, 6.07) is 13.5. The van der Waals surface area contributed by atoms with E-state index in [0.29, 0.717) is 11.3 Å². The van der Waals surface area contributed by atoms with Crippen LogP contribution in [-0.4, -0.2) is 11.9 Å². The molecule has 0 aromatic heterocycles. The van der Waals surface area contributed by atoms with E-state index in [0.717, 1.165) is 24.3 Å². The van der Waals surface area contributed by atoms with Gasteiger partial charge in [0.25, 0.3) is 5.91 Å². The highest BCUT2D eigenvalue weighted by molar-refractivity contribution is 6.01. The maximum Gasteiger partial charge on any atom is 0.416 e. The molecule has 160 valence electrons. The molecule has 0 radical (unpaired) electrons. The highest BCUT2D eigenvalue weighted by Gasteiger charge is 2.30. The van der Waals surface area contributed by atoms with Crippen molar-refractivity contribution in [3.63, 3.8) is 0 Å². The van der Waals surface area contributed by atoms with Crippen molar-refractivity contribution in [1.82, 2.24) is 5.32 Å². The van der Waals surface area contributed by atoms with Crippen LogP contribution in [0.15, 0.2) is 66.7 Å². The van der Waals surface area contributed by atoms with Crippen LogP contribution in [0, 0.1) is 5.82 Å². The molecule has 4 N–H and O–H groups in total.